The van der Waals surface area contributed by atoms with E-state index in [0.29, 0.717) is 5.92 Å². The van der Waals surface area contributed by atoms with Crippen LogP contribution in [-0.4, -0.2) is 46.8 Å². The van der Waals surface area contributed by atoms with Gasteiger partial charge in [-0.15, -0.1) is 0 Å². The molecule has 3 aliphatic rings. The van der Waals surface area contributed by atoms with E-state index in [2.05, 4.69) is 0 Å². The first kappa shape index (κ1) is 13.9. The predicted octanol–water partition coefficient (Wildman–Crippen LogP) is 2.18. The zero-order valence-corrected chi connectivity index (χ0v) is 12.5. The molecule has 2 unspecified atom stereocenters. The second kappa shape index (κ2) is 5.74. The molecule has 2 atom stereocenters. The summed E-state index contributed by atoms with van der Waals surface area (Å²) >= 11 is 0. The van der Waals surface area contributed by atoms with E-state index in [9.17, 15) is 9.59 Å². The summed E-state index contributed by atoms with van der Waals surface area (Å²) < 4.78 is 0. The van der Waals surface area contributed by atoms with Crippen LogP contribution < -0.4 is 0 Å². The average Bonchev–Trinajstić information content (AvgIpc) is 2.98. The van der Waals surface area contributed by atoms with Crippen LogP contribution in [0, 0.1) is 5.92 Å². The topological polar surface area (TPSA) is 40.6 Å². The van der Waals surface area contributed by atoms with Gasteiger partial charge >= 0.3 is 0 Å². The van der Waals surface area contributed by atoms with E-state index in [-0.39, 0.29) is 23.9 Å². The standard InChI is InChI=1S/C16H26N2O2/c1-2-13-15(19)17-10-6-5-9-14(17)16(20)18(13)11-12-7-3-4-8-12/h12-14H,2-11H2,1H3. The molecule has 0 aromatic carbocycles. The number of carbonyl (C=O) groups excluding carboxylic acids is 2. The van der Waals surface area contributed by atoms with Crippen LogP contribution in [0.5, 0.6) is 0 Å². The Balaban J connectivity index is 1.78. The van der Waals surface area contributed by atoms with Crippen molar-refractivity contribution in [3.05, 3.63) is 0 Å². The Morgan fingerprint density at radius 2 is 1.70 bits per heavy atom. The maximum absolute atomic E-state index is 12.8. The van der Waals surface area contributed by atoms with Gasteiger partial charge in [0.2, 0.25) is 11.8 Å². The van der Waals surface area contributed by atoms with Gasteiger partial charge in [0.25, 0.3) is 0 Å². The molecule has 1 aliphatic carbocycles. The Kier molecular flexibility index (Phi) is 3.99. The van der Waals surface area contributed by atoms with E-state index in [1.165, 1.54) is 25.7 Å². The van der Waals surface area contributed by atoms with E-state index in [4.69, 9.17) is 0 Å². The lowest BCUT2D eigenvalue weighted by Gasteiger charge is -2.47. The quantitative estimate of drug-likeness (QED) is 0.794. The van der Waals surface area contributed by atoms with Gasteiger partial charge in [-0.2, -0.15) is 0 Å². The molecule has 0 bridgehead atoms. The fourth-order valence-electron chi connectivity index (χ4n) is 4.21. The highest BCUT2D eigenvalue weighted by Gasteiger charge is 2.46. The minimum atomic E-state index is -0.197. The van der Waals surface area contributed by atoms with E-state index < -0.39 is 0 Å². The molecule has 3 rings (SSSR count). The Bertz CT molecular complexity index is 390. The van der Waals surface area contributed by atoms with E-state index in [0.717, 1.165) is 38.8 Å². The summed E-state index contributed by atoms with van der Waals surface area (Å²) in [4.78, 5) is 29.2. The second-order valence-corrected chi connectivity index (χ2v) is 6.61. The van der Waals surface area contributed by atoms with Gasteiger partial charge < -0.3 is 9.80 Å². The second-order valence-electron chi connectivity index (χ2n) is 6.61. The summed E-state index contributed by atoms with van der Waals surface area (Å²) in [5.74, 6) is 1.05. The maximum Gasteiger partial charge on any atom is 0.246 e. The molecule has 4 nitrogen and oxygen atoms in total. The Morgan fingerprint density at radius 3 is 2.40 bits per heavy atom. The van der Waals surface area contributed by atoms with E-state index in [1.54, 1.807) is 0 Å². The predicted molar refractivity (Wildman–Crippen MR) is 77.1 cm³/mol. The molecule has 0 N–H and O–H groups in total. The molecular weight excluding hydrogens is 252 g/mol. The van der Waals surface area contributed by atoms with Crippen LogP contribution in [0.4, 0.5) is 0 Å². The molecular formula is C16H26N2O2. The highest BCUT2D eigenvalue weighted by Crippen LogP contribution is 2.31. The molecule has 112 valence electrons. The normalized spacial score (nSPS) is 31.9. The van der Waals surface area contributed by atoms with Gasteiger partial charge in [0.15, 0.2) is 0 Å². The lowest BCUT2D eigenvalue weighted by molar-refractivity contribution is -0.164. The molecule has 3 fully saturated rings. The smallest absolute Gasteiger partial charge is 0.246 e. The third-order valence-corrected chi connectivity index (χ3v) is 5.33. The third kappa shape index (κ3) is 2.33. The first-order valence-corrected chi connectivity index (χ1v) is 8.33. The number of piperazine rings is 1. The number of nitrogens with zero attached hydrogens (tertiary/aromatic N) is 2. The van der Waals surface area contributed by atoms with Crippen molar-refractivity contribution in [1.82, 2.24) is 9.80 Å². The van der Waals surface area contributed by atoms with Crippen molar-refractivity contribution in [2.24, 2.45) is 5.92 Å². The molecule has 0 radical (unpaired) electrons. The zero-order chi connectivity index (χ0) is 14.1. The molecule has 2 saturated heterocycles. The summed E-state index contributed by atoms with van der Waals surface area (Å²) in [6, 6.07) is -0.349. The lowest BCUT2D eigenvalue weighted by Crippen LogP contribution is -2.66. The molecule has 2 heterocycles. The summed E-state index contributed by atoms with van der Waals surface area (Å²) in [7, 11) is 0. The SMILES string of the molecule is CCC1C(=O)N2CCCCC2C(=O)N1CC1CCCC1. The van der Waals surface area contributed by atoms with Crippen LogP contribution in [-0.2, 0) is 9.59 Å². The van der Waals surface area contributed by atoms with Crippen molar-refractivity contribution in [3.8, 4) is 0 Å². The Hall–Kier alpha value is -1.06. The zero-order valence-electron chi connectivity index (χ0n) is 12.5. The van der Waals surface area contributed by atoms with E-state index >= 15 is 0 Å². The van der Waals surface area contributed by atoms with Gasteiger partial charge in [-0.3, -0.25) is 9.59 Å². The van der Waals surface area contributed by atoms with Crippen LogP contribution in [0.1, 0.15) is 58.3 Å². The van der Waals surface area contributed by atoms with Crippen molar-refractivity contribution in [2.45, 2.75) is 70.4 Å². The van der Waals surface area contributed by atoms with Crippen molar-refractivity contribution in [3.63, 3.8) is 0 Å². The molecule has 2 amide bonds. The van der Waals surface area contributed by atoms with Crippen LogP contribution in [0.25, 0.3) is 0 Å². The monoisotopic (exact) mass is 278 g/mol. The molecule has 2 aliphatic heterocycles. The van der Waals surface area contributed by atoms with Crippen molar-refractivity contribution in [1.29, 1.82) is 0 Å². The molecule has 0 aromatic rings. The van der Waals surface area contributed by atoms with Gasteiger partial charge in [0.05, 0.1) is 0 Å². The molecule has 4 heteroatoms. The van der Waals surface area contributed by atoms with Crippen LogP contribution in [0.15, 0.2) is 0 Å². The molecule has 0 aromatic heterocycles. The van der Waals surface area contributed by atoms with Crippen LogP contribution >= 0.6 is 0 Å². The largest absolute Gasteiger partial charge is 0.329 e. The van der Waals surface area contributed by atoms with Gasteiger partial charge in [0, 0.05) is 13.1 Å². The molecule has 1 saturated carbocycles. The average molecular weight is 278 g/mol. The minimum Gasteiger partial charge on any atom is -0.329 e. The summed E-state index contributed by atoms with van der Waals surface area (Å²) in [5, 5.41) is 0. The summed E-state index contributed by atoms with van der Waals surface area (Å²) in [5.41, 5.74) is 0. The Labute approximate surface area is 121 Å². The van der Waals surface area contributed by atoms with Gasteiger partial charge in [0.1, 0.15) is 12.1 Å². The maximum atomic E-state index is 12.8. The number of hydrogen-bond acceptors (Lipinski definition) is 2. The first-order chi connectivity index (χ1) is 9.72. The lowest BCUT2D eigenvalue weighted by atomic mass is 9.93. The van der Waals surface area contributed by atoms with E-state index in [1.807, 2.05) is 16.7 Å². The fraction of sp³-hybridized carbons (Fsp3) is 0.875. The number of carbonyl (C=O) groups is 2. The van der Waals surface area contributed by atoms with Crippen LogP contribution in [0.2, 0.25) is 0 Å². The highest BCUT2D eigenvalue weighted by atomic mass is 16.2. The third-order valence-electron chi connectivity index (χ3n) is 5.33. The molecule has 20 heavy (non-hydrogen) atoms. The number of piperidine rings is 1. The first-order valence-electron chi connectivity index (χ1n) is 8.33. The Morgan fingerprint density at radius 1 is 1.00 bits per heavy atom. The number of fused-ring (bicyclic) bond motifs is 1. The van der Waals surface area contributed by atoms with Crippen molar-refractivity contribution >= 4 is 11.8 Å². The highest BCUT2D eigenvalue weighted by molar-refractivity contribution is 5.97. The number of hydrogen-bond donors (Lipinski definition) is 0. The van der Waals surface area contributed by atoms with Crippen LogP contribution in [0.3, 0.4) is 0 Å². The van der Waals surface area contributed by atoms with Gasteiger partial charge in [-0.25, -0.2) is 0 Å². The van der Waals surface area contributed by atoms with Crippen molar-refractivity contribution < 1.29 is 9.59 Å². The summed E-state index contributed by atoms with van der Waals surface area (Å²) in [6.45, 7) is 3.62. The minimum absolute atomic E-state index is 0.152. The molecule has 0 spiro atoms. The van der Waals surface area contributed by atoms with Gasteiger partial charge in [-0.1, -0.05) is 19.8 Å². The van der Waals surface area contributed by atoms with Crippen molar-refractivity contribution in [2.75, 3.05) is 13.1 Å². The fourth-order valence-corrected chi connectivity index (χ4v) is 4.21. The number of rotatable bonds is 3. The summed E-state index contributed by atoms with van der Waals surface area (Å²) in [6.07, 6.45) is 8.76. The number of amides is 2. The van der Waals surface area contributed by atoms with Gasteiger partial charge in [-0.05, 0) is 44.4 Å².